The van der Waals surface area contributed by atoms with Gasteiger partial charge in [-0.15, -0.1) is 6.58 Å². The molecule has 0 radical (unpaired) electrons. The summed E-state index contributed by atoms with van der Waals surface area (Å²) in [5.74, 6) is 0. The molecule has 0 unspecified atom stereocenters. The van der Waals surface area contributed by atoms with Crippen molar-refractivity contribution in [2.45, 2.75) is 57.5 Å². The highest BCUT2D eigenvalue weighted by Gasteiger charge is 2.14. The third kappa shape index (κ3) is 9.53. The number of rotatable bonds is 14. The lowest BCUT2D eigenvalue weighted by atomic mass is 10.0. The van der Waals surface area contributed by atoms with E-state index in [0.29, 0.717) is 26.1 Å². The van der Waals surface area contributed by atoms with E-state index in [4.69, 9.17) is 9.47 Å². The minimum absolute atomic E-state index is 0.0503. The van der Waals surface area contributed by atoms with Gasteiger partial charge in [-0.3, -0.25) is 0 Å². The van der Waals surface area contributed by atoms with Crippen molar-refractivity contribution in [3.05, 3.63) is 84.4 Å². The zero-order valence-electron chi connectivity index (χ0n) is 16.1. The molecule has 3 nitrogen and oxygen atoms in total. The van der Waals surface area contributed by atoms with Gasteiger partial charge in [-0.2, -0.15) is 0 Å². The van der Waals surface area contributed by atoms with E-state index in [1.807, 2.05) is 36.4 Å². The van der Waals surface area contributed by atoms with Gasteiger partial charge in [0.15, 0.2) is 0 Å². The maximum Gasteiger partial charge on any atom is 0.0720 e. The van der Waals surface area contributed by atoms with Crippen molar-refractivity contribution < 1.29 is 14.6 Å². The van der Waals surface area contributed by atoms with Crippen molar-refractivity contribution >= 4 is 0 Å². The molecule has 0 spiro atoms. The van der Waals surface area contributed by atoms with Gasteiger partial charge in [0.1, 0.15) is 0 Å². The minimum atomic E-state index is -0.391. The molecule has 146 valence electrons. The highest BCUT2D eigenvalue weighted by atomic mass is 16.5. The third-order valence-electron chi connectivity index (χ3n) is 4.48. The first-order valence-electron chi connectivity index (χ1n) is 9.84. The van der Waals surface area contributed by atoms with Gasteiger partial charge in [-0.25, -0.2) is 0 Å². The predicted octanol–water partition coefficient (Wildman–Crippen LogP) is 5.29. The van der Waals surface area contributed by atoms with E-state index in [0.717, 1.165) is 31.4 Å². The Labute approximate surface area is 163 Å². The molecule has 0 aliphatic rings. The van der Waals surface area contributed by atoms with Crippen LogP contribution in [0, 0.1) is 0 Å². The van der Waals surface area contributed by atoms with Crippen LogP contribution in [0.5, 0.6) is 0 Å². The van der Waals surface area contributed by atoms with Crippen LogP contribution < -0.4 is 0 Å². The molecule has 0 bridgehead atoms. The monoisotopic (exact) mass is 368 g/mol. The van der Waals surface area contributed by atoms with Crippen LogP contribution in [0.1, 0.15) is 43.2 Å². The van der Waals surface area contributed by atoms with Crippen molar-refractivity contribution in [3.63, 3.8) is 0 Å². The average molecular weight is 369 g/mol. The predicted molar refractivity (Wildman–Crippen MR) is 110 cm³/mol. The van der Waals surface area contributed by atoms with Crippen molar-refractivity contribution in [2.75, 3.05) is 6.61 Å². The Balaban J connectivity index is 1.67. The average Bonchev–Trinajstić information content (AvgIpc) is 2.70. The lowest BCUT2D eigenvalue weighted by molar-refractivity contribution is -0.00241. The van der Waals surface area contributed by atoms with Crippen molar-refractivity contribution in [2.24, 2.45) is 0 Å². The van der Waals surface area contributed by atoms with E-state index < -0.39 is 6.10 Å². The zero-order valence-corrected chi connectivity index (χ0v) is 16.1. The normalized spacial score (nSPS) is 13.2. The topological polar surface area (TPSA) is 38.7 Å². The van der Waals surface area contributed by atoms with Gasteiger partial charge in [0.05, 0.1) is 25.4 Å². The molecule has 27 heavy (non-hydrogen) atoms. The molecule has 2 atom stereocenters. The largest absolute Gasteiger partial charge is 0.393 e. The van der Waals surface area contributed by atoms with Gasteiger partial charge in [-0.05, 0) is 43.2 Å². The number of hydrogen-bond donors (Lipinski definition) is 1. The van der Waals surface area contributed by atoms with Crippen molar-refractivity contribution in [1.29, 1.82) is 0 Å². The van der Waals surface area contributed by atoms with Crippen LogP contribution in [0.15, 0.2) is 73.3 Å². The van der Waals surface area contributed by atoms with Gasteiger partial charge in [0, 0.05) is 6.61 Å². The second-order valence-electron chi connectivity index (χ2n) is 6.87. The molecule has 0 aliphatic carbocycles. The molecule has 2 rings (SSSR count). The van der Waals surface area contributed by atoms with Crippen molar-refractivity contribution in [3.8, 4) is 0 Å². The smallest absolute Gasteiger partial charge is 0.0720 e. The summed E-state index contributed by atoms with van der Waals surface area (Å²) in [5, 5.41) is 10.1. The van der Waals surface area contributed by atoms with Crippen LogP contribution in [-0.2, 0) is 22.7 Å². The number of ether oxygens (including phenoxy) is 2. The fraction of sp³-hybridized carbons (Fsp3) is 0.417. The summed E-state index contributed by atoms with van der Waals surface area (Å²) in [7, 11) is 0. The van der Waals surface area contributed by atoms with Crippen LogP contribution in [0.2, 0.25) is 0 Å². The molecule has 0 aliphatic heterocycles. The summed E-state index contributed by atoms with van der Waals surface area (Å²) >= 11 is 0. The molecule has 2 aromatic rings. The molecular formula is C24H32O3. The maximum absolute atomic E-state index is 10.1. The Hall–Kier alpha value is -1.94. The van der Waals surface area contributed by atoms with Gasteiger partial charge in [0.2, 0.25) is 0 Å². The summed E-state index contributed by atoms with van der Waals surface area (Å²) in [4.78, 5) is 0. The van der Waals surface area contributed by atoms with Gasteiger partial charge < -0.3 is 14.6 Å². The highest BCUT2D eigenvalue weighted by Crippen LogP contribution is 2.16. The first kappa shape index (κ1) is 21.4. The lowest BCUT2D eigenvalue weighted by Crippen LogP contribution is -2.21. The van der Waals surface area contributed by atoms with Crippen LogP contribution >= 0.6 is 0 Å². The van der Waals surface area contributed by atoms with E-state index >= 15 is 0 Å². The fourth-order valence-electron chi connectivity index (χ4n) is 2.99. The summed E-state index contributed by atoms with van der Waals surface area (Å²) in [6.07, 6.45) is 5.61. The first-order chi connectivity index (χ1) is 13.3. The molecule has 0 saturated heterocycles. The SMILES string of the molecule is C=CC[C@@H](O)C[C@@H](CCCCOCc1ccccc1)OCc1ccccc1. The molecule has 0 amide bonds. The molecule has 2 aromatic carbocycles. The first-order valence-corrected chi connectivity index (χ1v) is 9.84. The van der Waals surface area contributed by atoms with Gasteiger partial charge in [0.25, 0.3) is 0 Å². The Bertz CT molecular complexity index is 612. The number of aliphatic hydroxyl groups is 1. The third-order valence-corrected chi connectivity index (χ3v) is 4.48. The van der Waals surface area contributed by atoms with Crippen molar-refractivity contribution in [1.82, 2.24) is 0 Å². The van der Waals surface area contributed by atoms with Gasteiger partial charge >= 0.3 is 0 Å². The molecule has 0 aromatic heterocycles. The molecule has 3 heteroatoms. The Morgan fingerprint density at radius 2 is 1.52 bits per heavy atom. The summed E-state index contributed by atoms with van der Waals surface area (Å²) in [6.45, 7) is 5.69. The lowest BCUT2D eigenvalue weighted by Gasteiger charge is -2.21. The number of hydrogen-bond acceptors (Lipinski definition) is 3. The van der Waals surface area contributed by atoms with Gasteiger partial charge in [-0.1, -0.05) is 66.7 Å². The molecule has 0 heterocycles. The Morgan fingerprint density at radius 1 is 0.889 bits per heavy atom. The zero-order chi connectivity index (χ0) is 19.2. The highest BCUT2D eigenvalue weighted by molar-refractivity contribution is 5.14. The molecule has 0 fully saturated rings. The van der Waals surface area contributed by atoms with Crippen LogP contribution in [0.4, 0.5) is 0 Å². The quantitative estimate of drug-likeness (QED) is 0.364. The Morgan fingerprint density at radius 3 is 2.15 bits per heavy atom. The molecule has 0 saturated carbocycles. The summed E-state index contributed by atoms with van der Waals surface area (Å²) in [6, 6.07) is 20.4. The van der Waals surface area contributed by atoms with E-state index in [2.05, 4.69) is 30.8 Å². The molecular weight excluding hydrogens is 336 g/mol. The second kappa shape index (κ2) is 13.3. The summed E-state index contributed by atoms with van der Waals surface area (Å²) < 4.78 is 11.8. The molecule has 1 N–H and O–H groups in total. The summed E-state index contributed by atoms with van der Waals surface area (Å²) in [5.41, 5.74) is 2.36. The van der Waals surface area contributed by atoms with Crippen LogP contribution in [-0.4, -0.2) is 23.9 Å². The van der Waals surface area contributed by atoms with E-state index in [1.165, 1.54) is 5.56 Å². The van der Waals surface area contributed by atoms with Crippen LogP contribution in [0.3, 0.4) is 0 Å². The second-order valence-corrected chi connectivity index (χ2v) is 6.87. The standard InChI is InChI=1S/C24H32O3/c1-2-11-23(25)18-24(27-20-22-14-7-4-8-15-22)16-9-10-17-26-19-21-12-5-3-6-13-21/h2-8,12-15,23-25H,1,9-11,16-20H2/t23-,24-/m1/s1. The van der Waals surface area contributed by atoms with Crippen LogP contribution in [0.25, 0.3) is 0 Å². The number of benzene rings is 2. The fourth-order valence-corrected chi connectivity index (χ4v) is 2.99. The van der Waals surface area contributed by atoms with E-state index in [9.17, 15) is 5.11 Å². The number of unbranched alkanes of at least 4 members (excludes halogenated alkanes) is 1. The number of aliphatic hydroxyl groups excluding tert-OH is 1. The van der Waals surface area contributed by atoms with E-state index in [-0.39, 0.29) is 6.10 Å². The van der Waals surface area contributed by atoms with E-state index in [1.54, 1.807) is 6.08 Å². The maximum atomic E-state index is 10.1. The minimum Gasteiger partial charge on any atom is -0.393 e. The Kier molecular flexibility index (Phi) is 10.5.